The molecule has 2 unspecified atom stereocenters. The Labute approximate surface area is 118 Å². The molecule has 0 aliphatic heterocycles. The Bertz CT molecular complexity index is 421. The van der Waals surface area contributed by atoms with E-state index in [1.165, 1.54) is 29.7 Å². The van der Waals surface area contributed by atoms with Gasteiger partial charge in [-0.25, -0.2) is 0 Å². The van der Waals surface area contributed by atoms with Crippen LogP contribution in [0.1, 0.15) is 43.7 Å². The van der Waals surface area contributed by atoms with Crippen LogP contribution in [0.5, 0.6) is 0 Å². The fraction of sp³-hybridized carbons (Fsp3) is 0.647. The summed E-state index contributed by atoms with van der Waals surface area (Å²) in [6, 6.07) is 6.73. The predicted octanol–water partition coefficient (Wildman–Crippen LogP) is 3.65. The number of anilines is 1. The second kappa shape index (κ2) is 5.54. The molecule has 106 valence electrons. The lowest BCUT2D eigenvalue weighted by molar-refractivity contribution is 0.241. The molecular formula is C17H28N2. The van der Waals surface area contributed by atoms with Gasteiger partial charge in [0.1, 0.15) is 0 Å². The van der Waals surface area contributed by atoms with E-state index in [-0.39, 0.29) is 5.54 Å². The molecule has 0 radical (unpaired) electrons. The van der Waals surface area contributed by atoms with E-state index < -0.39 is 0 Å². The molecule has 0 saturated heterocycles. The zero-order valence-corrected chi connectivity index (χ0v) is 12.9. The molecule has 2 atom stereocenters. The van der Waals surface area contributed by atoms with Crippen LogP contribution in [-0.4, -0.2) is 19.1 Å². The van der Waals surface area contributed by atoms with E-state index in [4.69, 9.17) is 5.73 Å². The summed E-state index contributed by atoms with van der Waals surface area (Å²) in [7, 11) is 2.17. The maximum absolute atomic E-state index is 6.62. The summed E-state index contributed by atoms with van der Waals surface area (Å²) in [4.78, 5) is 2.33. The Kier molecular flexibility index (Phi) is 4.19. The molecule has 2 N–H and O–H groups in total. The van der Waals surface area contributed by atoms with Gasteiger partial charge in [0.15, 0.2) is 0 Å². The van der Waals surface area contributed by atoms with E-state index >= 15 is 0 Å². The van der Waals surface area contributed by atoms with Crippen molar-refractivity contribution in [2.45, 2.75) is 52.0 Å². The van der Waals surface area contributed by atoms with Gasteiger partial charge < -0.3 is 10.6 Å². The van der Waals surface area contributed by atoms with Gasteiger partial charge in [0.05, 0.1) is 0 Å². The number of hydrogen-bond donors (Lipinski definition) is 1. The predicted molar refractivity (Wildman–Crippen MR) is 83.7 cm³/mol. The normalized spacial score (nSPS) is 27.3. The monoisotopic (exact) mass is 260 g/mol. The Balaban J connectivity index is 2.09. The standard InChI is InChI=1S/C17H28N2/c1-13-6-5-7-17(18,11-13)12-19(4)16-9-14(2)8-15(3)10-16/h8-10,13H,5-7,11-12,18H2,1-4H3. The Hall–Kier alpha value is -1.02. The van der Waals surface area contributed by atoms with Crippen LogP contribution in [0.15, 0.2) is 18.2 Å². The van der Waals surface area contributed by atoms with Gasteiger partial charge >= 0.3 is 0 Å². The highest BCUT2D eigenvalue weighted by Crippen LogP contribution is 2.32. The van der Waals surface area contributed by atoms with Gasteiger partial charge in [-0.15, -0.1) is 0 Å². The summed E-state index contributed by atoms with van der Waals surface area (Å²) < 4.78 is 0. The highest BCUT2D eigenvalue weighted by Gasteiger charge is 2.32. The quantitative estimate of drug-likeness (QED) is 0.899. The second-order valence-electron chi connectivity index (χ2n) is 6.77. The van der Waals surface area contributed by atoms with Crippen molar-refractivity contribution in [3.05, 3.63) is 29.3 Å². The highest BCUT2D eigenvalue weighted by atomic mass is 15.1. The smallest absolute Gasteiger partial charge is 0.0369 e. The van der Waals surface area contributed by atoms with Gasteiger partial charge in [-0.2, -0.15) is 0 Å². The fourth-order valence-electron chi connectivity index (χ4n) is 3.58. The lowest BCUT2D eigenvalue weighted by Crippen LogP contribution is -2.52. The first-order valence-corrected chi connectivity index (χ1v) is 7.46. The van der Waals surface area contributed by atoms with Gasteiger partial charge in [0, 0.05) is 24.8 Å². The van der Waals surface area contributed by atoms with Crippen LogP contribution in [0.25, 0.3) is 0 Å². The number of hydrogen-bond acceptors (Lipinski definition) is 2. The summed E-state index contributed by atoms with van der Waals surface area (Å²) in [6.45, 7) is 7.61. The van der Waals surface area contributed by atoms with Crippen molar-refractivity contribution in [3.63, 3.8) is 0 Å². The van der Waals surface area contributed by atoms with Crippen LogP contribution < -0.4 is 10.6 Å². The van der Waals surface area contributed by atoms with E-state index in [1.807, 2.05) is 0 Å². The molecule has 0 heterocycles. The minimum atomic E-state index is -0.00985. The zero-order valence-electron chi connectivity index (χ0n) is 12.9. The Morgan fingerprint density at radius 3 is 2.47 bits per heavy atom. The zero-order chi connectivity index (χ0) is 14.0. The van der Waals surface area contributed by atoms with Crippen LogP contribution in [0, 0.1) is 19.8 Å². The molecule has 19 heavy (non-hydrogen) atoms. The molecule has 0 amide bonds. The highest BCUT2D eigenvalue weighted by molar-refractivity contribution is 5.50. The molecule has 2 nitrogen and oxygen atoms in total. The van der Waals surface area contributed by atoms with Gasteiger partial charge in [-0.3, -0.25) is 0 Å². The third kappa shape index (κ3) is 3.73. The first-order chi connectivity index (χ1) is 8.88. The van der Waals surface area contributed by atoms with Gasteiger partial charge in [0.2, 0.25) is 0 Å². The van der Waals surface area contributed by atoms with E-state index in [0.717, 1.165) is 25.3 Å². The van der Waals surface area contributed by atoms with Crippen LogP contribution in [0.2, 0.25) is 0 Å². The first kappa shape index (κ1) is 14.4. The van der Waals surface area contributed by atoms with Crippen molar-refractivity contribution in [2.75, 3.05) is 18.5 Å². The number of aryl methyl sites for hydroxylation is 2. The molecule has 0 bridgehead atoms. The number of nitrogens with zero attached hydrogens (tertiary/aromatic N) is 1. The molecule has 1 aromatic rings. The van der Waals surface area contributed by atoms with Gasteiger partial charge in [0.25, 0.3) is 0 Å². The summed E-state index contributed by atoms with van der Waals surface area (Å²) in [6.07, 6.45) is 4.93. The minimum Gasteiger partial charge on any atom is -0.373 e. The number of likely N-dealkylation sites (N-methyl/N-ethyl adjacent to an activating group) is 1. The average Bonchev–Trinajstić information content (AvgIpc) is 2.26. The average molecular weight is 260 g/mol. The van der Waals surface area contributed by atoms with Gasteiger partial charge in [-0.05, 0) is 55.9 Å². The third-order valence-electron chi connectivity index (χ3n) is 4.33. The van der Waals surface area contributed by atoms with Crippen LogP contribution in [-0.2, 0) is 0 Å². The summed E-state index contributed by atoms with van der Waals surface area (Å²) >= 11 is 0. The third-order valence-corrected chi connectivity index (χ3v) is 4.33. The maximum atomic E-state index is 6.62. The SMILES string of the molecule is Cc1cc(C)cc(N(C)CC2(N)CCCC(C)C2)c1. The Morgan fingerprint density at radius 2 is 1.89 bits per heavy atom. The van der Waals surface area contributed by atoms with Crippen LogP contribution in [0.4, 0.5) is 5.69 Å². The van der Waals surface area contributed by atoms with Crippen LogP contribution >= 0.6 is 0 Å². The largest absolute Gasteiger partial charge is 0.373 e. The van der Waals surface area contributed by atoms with E-state index in [2.05, 4.69) is 50.9 Å². The molecule has 0 aromatic heterocycles. The van der Waals surface area contributed by atoms with Crippen LogP contribution in [0.3, 0.4) is 0 Å². The molecule has 0 spiro atoms. The van der Waals surface area contributed by atoms with Crippen molar-refractivity contribution in [1.82, 2.24) is 0 Å². The van der Waals surface area contributed by atoms with Crippen molar-refractivity contribution < 1.29 is 0 Å². The minimum absolute atomic E-state index is 0.00985. The van der Waals surface area contributed by atoms with Crippen molar-refractivity contribution in [3.8, 4) is 0 Å². The maximum Gasteiger partial charge on any atom is 0.0369 e. The lowest BCUT2D eigenvalue weighted by atomic mass is 9.77. The fourth-order valence-corrected chi connectivity index (χ4v) is 3.58. The van der Waals surface area contributed by atoms with Crippen molar-refractivity contribution in [2.24, 2.45) is 11.7 Å². The number of nitrogens with two attached hydrogens (primary N) is 1. The first-order valence-electron chi connectivity index (χ1n) is 7.46. The van der Waals surface area contributed by atoms with Crippen molar-refractivity contribution in [1.29, 1.82) is 0 Å². The number of benzene rings is 1. The van der Waals surface area contributed by atoms with E-state index in [1.54, 1.807) is 0 Å². The lowest BCUT2D eigenvalue weighted by Gasteiger charge is -2.40. The van der Waals surface area contributed by atoms with E-state index in [0.29, 0.717) is 0 Å². The Morgan fingerprint density at radius 1 is 1.26 bits per heavy atom. The molecule has 1 aliphatic rings. The molecule has 1 fully saturated rings. The second-order valence-corrected chi connectivity index (χ2v) is 6.77. The molecular weight excluding hydrogens is 232 g/mol. The van der Waals surface area contributed by atoms with E-state index in [9.17, 15) is 0 Å². The summed E-state index contributed by atoms with van der Waals surface area (Å²) in [5, 5.41) is 0. The molecule has 2 rings (SSSR count). The van der Waals surface area contributed by atoms with Gasteiger partial charge in [-0.1, -0.05) is 25.8 Å². The molecule has 1 aromatic carbocycles. The molecule has 2 heteroatoms. The summed E-state index contributed by atoms with van der Waals surface area (Å²) in [5.74, 6) is 0.770. The summed E-state index contributed by atoms with van der Waals surface area (Å²) in [5.41, 5.74) is 10.6. The number of rotatable bonds is 3. The molecule has 1 aliphatic carbocycles. The van der Waals surface area contributed by atoms with Crippen molar-refractivity contribution >= 4 is 5.69 Å². The topological polar surface area (TPSA) is 29.3 Å². The molecule has 1 saturated carbocycles.